The van der Waals surface area contributed by atoms with Gasteiger partial charge in [0.05, 0.1) is 18.7 Å². The van der Waals surface area contributed by atoms with E-state index in [2.05, 4.69) is 15.8 Å². The van der Waals surface area contributed by atoms with Crippen LogP contribution in [0.25, 0.3) is 11.3 Å². The average Bonchev–Trinajstić information content (AvgIpc) is 3.15. The minimum Gasteiger partial charge on any atom is -0.356 e. The van der Waals surface area contributed by atoms with Gasteiger partial charge in [-0.3, -0.25) is 9.59 Å². The molecule has 1 aromatic heterocycles. The molecule has 0 spiro atoms. The van der Waals surface area contributed by atoms with Gasteiger partial charge in [-0.25, -0.2) is 0 Å². The summed E-state index contributed by atoms with van der Waals surface area (Å²) in [6.45, 7) is 0.269. The molecule has 0 aliphatic heterocycles. The molecule has 0 saturated heterocycles. The lowest BCUT2D eigenvalue weighted by Gasteiger charge is -2.06. The summed E-state index contributed by atoms with van der Waals surface area (Å²) in [5, 5.41) is 9.84. The average molecular weight is 384 g/mol. The van der Waals surface area contributed by atoms with Gasteiger partial charge in [0.15, 0.2) is 5.76 Å². The van der Waals surface area contributed by atoms with Gasteiger partial charge in [-0.2, -0.15) is 0 Å². The number of rotatable bonds is 7. The number of nitrogens with zero attached hydrogens (tertiary/aromatic N) is 1. The van der Waals surface area contributed by atoms with E-state index < -0.39 is 0 Å². The zero-order valence-corrected chi connectivity index (χ0v) is 15.2. The summed E-state index contributed by atoms with van der Waals surface area (Å²) in [5.41, 5.74) is 2.32. The van der Waals surface area contributed by atoms with Crippen LogP contribution < -0.4 is 10.6 Å². The second-order valence-corrected chi connectivity index (χ2v) is 6.34. The van der Waals surface area contributed by atoms with E-state index in [1.165, 1.54) is 0 Å². The number of carbonyl (C=O) groups excluding carboxylic acids is 2. The van der Waals surface area contributed by atoms with Crippen LogP contribution in [-0.2, 0) is 22.6 Å². The van der Waals surface area contributed by atoms with Gasteiger partial charge in [0.2, 0.25) is 11.8 Å². The molecule has 2 N–H and O–H groups in total. The van der Waals surface area contributed by atoms with Crippen LogP contribution in [0.15, 0.2) is 65.2 Å². The predicted octanol–water partition coefficient (Wildman–Crippen LogP) is 2.97. The molecule has 0 aliphatic rings. The Morgan fingerprint density at radius 2 is 1.70 bits per heavy atom. The van der Waals surface area contributed by atoms with Gasteiger partial charge in [-0.1, -0.05) is 59.2 Å². The molecule has 2 amide bonds. The largest absolute Gasteiger partial charge is 0.356 e. The van der Waals surface area contributed by atoms with Gasteiger partial charge in [-0.05, 0) is 17.7 Å². The lowest BCUT2D eigenvalue weighted by molar-refractivity contribution is -0.125. The van der Waals surface area contributed by atoms with Gasteiger partial charge >= 0.3 is 0 Å². The zero-order valence-electron chi connectivity index (χ0n) is 14.4. The van der Waals surface area contributed by atoms with E-state index in [0.29, 0.717) is 23.0 Å². The number of carbonyl (C=O) groups is 2. The normalized spacial score (nSPS) is 10.4. The van der Waals surface area contributed by atoms with Crippen molar-refractivity contribution in [1.29, 1.82) is 0 Å². The van der Waals surface area contributed by atoms with Crippen LogP contribution >= 0.6 is 11.6 Å². The van der Waals surface area contributed by atoms with Gasteiger partial charge in [-0.15, -0.1) is 0 Å². The Balaban J connectivity index is 1.42. The Hall–Kier alpha value is -3.12. The molecule has 138 valence electrons. The van der Waals surface area contributed by atoms with Crippen molar-refractivity contribution in [3.05, 3.63) is 76.9 Å². The van der Waals surface area contributed by atoms with Crippen molar-refractivity contribution in [1.82, 2.24) is 15.8 Å². The van der Waals surface area contributed by atoms with Gasteiger partial charge in [0.1, 0.15) is 0 Å². The van der Waals surface area contributed by atoms with E-state index in [9.17, 15) is 9.59 Å². The Kier molecular flexibility index (Phi) is 6.22. The topological polar surface area (TPSA) is 84.2 Å². The fourth-order valence-corrected chi connectivity index (χ4v) is 2.53. The Morgan fingerprint density at radius 3 is 2.44 bits per heavy atom. The molecule has 7 heteroatoms. The van der Waals surface area contributed by atoms with Crippen LogP contribution in [0.2, 0.25) is 5.02 Å². The van der Waals surface area contributed by atoms with E-state index in [0.717, 1.165) is 11.1 Å². The standard InChI is InChI=1S/C20H18ClN3O3/c21-16-8-6-14(7-9-16)12-22-20(26)13-23-19(25)11-17-10-18(27-24-17)15-4-2-1-3-5-15/h1-10H,11-13H2,(H,22,26)(H,23,25). The first-order valence-corrected chi connectivity index (χ1v) is 8.77. The summed E-state index contributed by atoms with van der Waals surface area (Å²) in [7, 11) is 0. The zero-order chi connectivity index (χ0) is 19.1. The maximum atomic E-state index is 12.0. The first-order valence-electron chi connectivity index (χ1n) is 8.39. The molecule has 3 aromatic rings. The quantitative estimate of drug-likeness (QED) is 0.657. The molecule has 0 unspecified atom stereocenters. The summed E-state index contributed by atoms with van der Waals surface area (Å²) >= 11 is 5.82. The van der Waals surface area contributed by atoms with Gasteiger partial charge in [0, 0.05) is 23.2 Å². The first-order chi connectivity index (χ1) is 13.1. The van der Waals surface area contributed by atoms with Gasteiger partial charge < -0.3 is 15.2 Å². The fourth-order valence-electron chi connectivity index (χ4n) is 2.40. The summed E-state index contributed by atoms with van der Waals surface area (Å²) < 4.78 is 5.25. The molecule has 0 aliphatic carbocycles. The van der Waals surface area contributed by atoms with Crippen LogP contribution in [0.3, 0.4) is 0 Å². The maximum Gasteiger partial charge on any atom is 0.239 e. The summed E-state index contributed by atoms with van der Waals surface area (Å²) in [4.78, 5) is 23.8. The van der Waals surface area contributed by atoms with Crippen molar-refractivity contribution in [3.63, 3.8) is 0 Å². The minimum atomic E-state index is -0.301. The molecule has 0 saturated carbocycles. The summed E-state index contributed by atoms with van der Waals surface area (Å²) in [6, 6.07) is 18.4. The number of benzene rings is 2. The predicted molar refractivity (Wildman–Crippen MR) is 102 cm³/mol. The molecule has 2 aromatic carbocycles. The monoisotopic (exact) mass is 383 g/mol. The second kappa shape index (κ2) is 9.00. The number of halogens is 1. The lowest BCUT2D eigenvalue weighted by atomic mass is 10.1. The number of hydrogen-bond donors (Lipinski definition) is 2. The van der Waals surface area contributed by atoms with Crippen LogP contribution in [0, 0.1) is 0 Å². The van der Waals surface area contributed by atoms with Crippen molar-refractivity contribution in [2.24, 2.45) is 0 Å². The highest BCUT2D eigenvalue weighted by Gasteiger charge is 2.11. The number of hydrogen-bond acceptors (Lipinski definition) is 4. The van der Waals surface area contributed by atoms with Crippen LogP contribution in [-0.4, -0.2) is 23.5 Å². The lowest BCUT2D eigenvalue weighted by Crippen LogP contribution is -2.37. The molecule has 27 heavy (non-hydrogen) atoms. The number of aromatic nitrogens is 1. The van der Waals surface area contributed by atoms with Crippen molar-refractivity contribution < 1.29 is 14.1 Å². The van der Waals surface area contributed by atoms with E-state index >= 15 is 0 Å². The van der Waals surface area contributed by atoms with Gasteiger partial charge in [0.25, 0.3) is 0 Å². The van der Waals surface area contributed by atoms with E-state index in [-0.39, 0.29) is 24.8 Å². The van der Waals surface area contributed by atoms with E-state index in [4.69, 9.17) is 16.1 Å². The van der Waals surface area contributed by atoms with E-state index in [1.54, 1.807) is 18.2 Å². The van der Waals surface area contributed by atoms with E-state index in [1.807, 2.05) is 42.5 Å². The third-order valence-corrected chi connectivity index (χ3v) is 4.06. The highest BCUT2D eigenvalue weighted by Crippen LogP contribution is 2.19. The highest BCUT2D eigenvalue weighted by atomic mass is 35.5. The smallest absolute Gasteiger partial charge is 0.239 e. The molecule has 1 heterocycles. The molecule has 0 bridgehead atoms. The highest BCUT2D eigenvalue weighted by molar-refractivity contribution is 6.30. The third-order valence-electron chi connectivity index (χ3n) is 3.81. The Labute approximate surface area is 161 Å². The summed E-state index contributed by atoms with van der Waals surface area (Å²) in [6.07, 6.45) is 0.0425. The number of amides is 2. The SMILES string of the molecule is O=C(CNC(=O)Cc1cc(-c2ccccc2)on1)NCc1ccc(Cl)cc1. The molecule has 3 rings (SSSR count). The fraction of sp³-hybridized carbons (Fsp3) is 0.150. The molecule has 0 atom stereocenters. The second-order valence-electron chi connectivity index (χ2n) is 5.91. The molecular weight excluding hydrogens is 366 g/mol. The maximum absolute atomic E-state index is 12.0. The van der Waals surface area contributed by atoms with Crippen molar-refractivity contribution >= 4 is 23.4 Å². The molecule has 6 nitrogen and oxygen atoms in total. The van der Waals surface area contributed by atoms with Crippen LogP contribution in [0.5, 0.6) is 0 Å². The minimum absolute atomic E-state index is 0.0425. The third kappa shape index (κ3) is 5.69. The summed E-state index contributed by atoms with van der Waals surface area (Å²) in [5.74, 6) is 0.0205. The molecular formula is C20H18ClN3O3. The van der Waals surface area contributed by atoms with Crippen LogP contribution in [0.1, 0.15) is 11.3 Å². The van der Waals surface area contributed by atoms with Crippen LogP contribution in [0.4, 0.5) is 0 Å². The van der Waals surface area contributed by atoms with Crippen molar-refractivity contribution in [2.45, 2.75) is 13.0 Å². The molecule has 0 radical (unpaired) electrons. The van der Waals surface area contributed by atoms with Crippen molar-refractivity contribution in [3.8, 4) is 11.3 Å². The van der Waals surface area contributed by atoms with Crippen molar-refractivity contribution in [2.75, 3.05) is 6.54 Å². The number of nitrogens with one attached hydrogen (secondary N) is 2. The Morgan fingerprint density at radius 1 is 0.963 bits per heavy atom. The molecule has 0 fully saturated rings. The Bertz CT molecular complexity index is 908. The first kappa shape index (κ1) is 18.7.